The summed E-state index contributed by atoms with van der Waals surface area (Å²) in [6.07, 6.45) is 0.990. The number of benzene rings is 1. The van der Waals surface area contributed by atoms with Crippen molar-refractivity contribution in [1.82, 2.24) is 15.1 Å². The number of carbonyl (C=O) groups is 1. The summed E-state index contributed by atoms with van der Waals surface area (Å²) < 4.78 is 0. The Balaban J connectivity index is 1.59. The maximum atomic E-state index is 12.3. The van der Waals surface area contributed by atoms with Crippen LogP contribution < -0.4 is 5.32 Å². The van der Waals surface area contributed by atoms with Crippen LogP contribution in [0.25, 0.3) is 0 Å². The number of amides is 1. The molecule has 2 heterocycles. The summed E-state index contributed by atoms with van der Waals surface area (Å²) in [5.41, 5.74) is 2.70. The predicted molar refractivity (Wildman–Crippen MR) is 74.9 cm³/mol. The third-order valence-corrected chi connectivity index (χ3v) is 4.05. The number of rotatable bonds is 2. The molecular weight excluding hydrogens is 238 g/mol. The molecular formula is C15H21N3O. The fourth-order valence-electron chi connectivity index (χ4n) is 2.87. The van der Waals surface area contributed by atoms with Gasteiger partial charge in [-0.2, -0.15) is 0 Å². The lowest BCUT2D eigenvalue weighted by Crippen LogP contribution is -2.49. The second-order valence-electron chi connectivity index (χ2n) is 5.36. The van der Waals surface area contributed by atoms with E-state index in [1.165, 1.54) is 11.1 Å². The molecule has 1 aromatic carbocycles. The highest BCUT2D eigenvalue weighted by Gasteiger charge is 2.22. The topological polar surface area (TPSA) is 35.6 Å². The van der Waals surface area contributed by atoms with Crippen molar-refractivity contribution in [2.24, 2.45) is 0 Å². The van der Waals surface area contributed by atoms with E-state index in [-0.39, 0.29) is 5.91 Å². The standard InChI is InChI=1S/C15H21N3O/c19-15(12-17-9-6-16-7-10-17)18-8-5-13-3-1-2-4-14(13)11-18/h1-4,16H,5-12H2. The molecule has 0 aliphatic carbocycles. The number of carbonyl (C=O) groups excluding carboxylic acids is 1. The molecule has 3 rings (SSSR count). The number of nitrogens with zero attached hydrogens (tertiary/aromatic N) is 2. The van der Waals surface area contributed by atoms with Gasteiger partial charge in [0.2, 0.25) is 5.91 Å². The normalized spacial score (nSPS) is 20.1. The first-order valence-corrected chi connectivity index (χ1v) is 7.10. The molecule has 2 aliphatic heterocycles. The second kappa shape index (κ2) is 5.72. The van der Waals surface area contributed by atoms with Crippen molar-refractivity contribution < 1.29 is 4.79 Å². The van der Waals surface area contributed by atoms with E-state index in [0.29, 0.717) is 6.54 Å². The van der Waals surface area contributed by atoms with E-state index in [4.69, 9.17) is 0 Å². The van der Waals surface area contributed by atoms with E-state index in [9.17, 15) is 4.79 Å². The summed E-state index contributed by atoms with van der Waals surface area (Å²) in [7, 11) is 0. The number of nitrogens with one attached hydrogen (secondary N) is 1. The number of fused-ring (bicyclic) bond motifs is 1. The first kappa shape index (κ1) is 12.6. The van der Waals surface area contributed by atoms with Gasteiger partial charge in [-0.05, 0) is 17.5 Å². The van der Waals surface area contributed by atoms with Crippen LogP contribution in [0.2, 0.25) is 0 Å². The molecule has 102 valence electrons. The van der Waals surface area contributed by atoms with Gasteiger partial charge in [0.15, 0.2) is 0 Å². The monoisotopic (exact) mass is 259 g/mol. The molecule has 0 aromatic heterocycles. The molecule has 0 bridgehead atoms. The smallest absolute Gasteiger partial charge is 0.237 e. The lowest BCUT2D eigenvalue weighted by Gasteiger charge is -2.32. The number of piperazine rings is 1. The van der Waals surface area contributed by atoms with E-state index in [1.54, 1.807) is 0 Å². The van der Waals surface area contributed by atoms with E-state index < -0.39 is 0 Å². The Hall–Kier alpha value is -1.39. The van der Waals surface area contributed by atoms with Crippen LogP contribution in [0.5, 0.6) is 0 Å². The predicted octanol–water partition coefficient (Wildman–Crippen LogP) is 0.477. The molecule has 1 N–H and O–H groups in total. The Labute approximate surface area is 114 Å². The van der Waals surface area contributed by atoms with E-state index >= 15 is 0 Å². The molecule has 0 saturated carbocycles. The van der Waals surface area contributed by atoms with Gasteiger partial charge in [-0.1, -0.05) is 24.3 Å². The summed E-state index contributed by atoms with van der Waals surface area (Å²) in [6.45, 7) is 6.17. The van der Waals surface area contributed by atoms with Crippen molar-refractivity contribution in [3.05, 3.63) is 35.4 Å². The minimum atomic E-state index is 0.274. The molecule has 2 aliphatic rings. The highest BCUT2D eigenvalue weighted by Crippen LogP contribution is 2.18. The van der Waals surface area contributed by atoms with E-state index in [1.807, 2.05) is 4.90 Å². The van der Waals surface area contributed by atoms with Crippen LogP contribution in [-0.2, 0) is 17.8 Å². The molecule has 0 radical (unpaired) electrons. The molecule has 19 heavy (non-hydrogen) atoms. The largest absolute Gasteiger partial charge is 0.337 e. The molecule has 1 aromatic rings. The summed E-state index contributed by atoms with van der Waals surface area (Å²) in [6, 6.07) is 8.45. The minimum absolute atomic E-state index is 0.274. The number of hydrogen-bond acceptors (Lipinski definition) is 3. The Morgan fingerprint density at radius 3 is 2.63 bits per heavy atom. The van der Waals surface area contributed by atoms with Gasteiger partial charge < -0.3 is 10.2 Å². The molecule has 0 spiro atoms. The summed E-state index contributed by atoms with van der Waals surface area (Å²) in [5, 5.41) is 3.31. The lowest BCUT2D eigenvalue weighted by molar-refractivity contribution is -0.133. The van der Waals surface area contributed by atoms with Gasteiger partial charge in [-0.25, -0.2) is 0 Å². The van der Waals surface area contributed by atoms with Gasteiger partial charge in [-0.3, -0.25) is 9.69 Å². The highest BCUT2D eigenvalue weighted by molar-refractivity contribution is 5.78. The van der Waals surface area contributed by atoms with Crippen molar-refractivity contribution in [2.75, 3.05) is 39.3 Å². The Morgan fingerprint density at radius 2 is 1.84 bits per heavy atom. The molecule has 1 saturated heterocycles. The first-order valence-electron chi connectivity index (χ1n) is 7.10. The molecule has 0 atom stereocenters. The molecule has 4 heteroatoms. The molecule has 1 amide bonds. The van der Waals surface area contributed by atoms with E-state index in [0.717, 1.165) is 45.7 Å². The van der Waals surface area contributed by atoms with Gasteiger partial charge in [0.25, 0.3) is 0 Å². The van der Waals surface area contributed by atoms with Crippen LogP contribution in [-0.4, -0.2) is 55.0 Å². The van der Waals surface area contributed by atoms with Gasteiger partial charge in [0, 0.05) is 39.3 Å². The minimum Gasteiger partial charge on any atom is -0.337 e. The fourth-order valence-corrected chi connectivity index (χ4v) is 2.87. The van der Waals surface area contributed by atoms with Crippen LogP contribution >= 0.6 is 0 Å². The van der Waals surface area contributed by atoms with Gasteiger partial charge in [0.1, 0.15) is 0 Å². The van der Waals surface area contributed by atoms with Crippen LogP contribution in [0.4, 0.5) is 0 Å². The van der Waals surface area contributed by atoms with Crippen LogP contribution in [0, 0.1) is 0 Å². The zero-order valence-electron chi connectivity index (χ0n) is 11.3. The van der Waals surface area contributed by atoms with Crippen LogP contribution in [0.15, 0.2) is 24.3 Å². The number of hydrogen-bond donors (Lipinski definition) is 1. The molecule has 0 unspecified atom stereocenters. The average molecular weight is 259 g/mol. The Kier molecular flexibility index (Phi) is 3.80. The third kappa shape index (κ3) is 2.96. The van der Waals surface area contributed by atoms with Gasteiger partial charge >= 0.3 is 0 Å². The van der Waals surface area contributed by atoms with Crippen molar-refractivity contribution in [2.45, 2.75) is 13.0 Å². The fraction of sp³-hybridized carbons (Fsp3) is 0.533. The van der Waals surface area contributed by atoms with Crippen molar-refractivity contribution in [3.63, 3.8) is 0 Å². The summed E-state index contributed by atoms with van der Waals surface area (Å²) in [5.74, 6) is 0.274. The molecule has 1 fully saturated rings. The van der Waals surface area contributed by atoms with Crippen molar-refractivity contribution >= 4 is 5.91 Å². The zero-order valence-corrected chi connectivity index (χ0v) is 11.3. The Bertz CT molecular complexity index is 454. The zero-order chi connectivity index (χ0) is 13.1. The van der Waals surface area contributed by atoms with E-state index in [2.05, 4.69) is 34.5 Å². The Morgan fingerprint density at radius 1 is 1.11 bits per heavy atom. The maximum absolute atomic E-state index is 12.3. The second-order valence-corrected chi connectivity index (χ2v) is 5.36. The SMILES string of the molecule is O=C(CN1CCNCC1)N1CCc2ccccc2C1. The maximum Gasteiger partial charge on any atom is 0.237 e. The quantitative estimate of drug-likeness (QED) is 0.839. The van der Waals surface area contributed by atoms with Gasteiger partial charge in [-0.15, -0.1) is 0 Å². The van der Waals surface area contributed by atoms with Crippen LogP contribution in [0.1, 0.15) is 11.1 Å². The average Bonchev–Trinajstić information content (AvgIpc) is 2.48. The van der Waals surface area contributed by atoms with Crippen molar-refractivity contribution in [1.29, 1.82) is 0 Å². The third-order valence-electron chi connectivity index (χ3n) is 4.05. The highest BCUT2D eigenvalue weighted by atomic mass is 16.2. The van der Waals surface area contributed by atoms with Gasteiger partial charge in [0.05, 0.1) is 6.54 Å². The molecule has 4 nitrogen and oxygen atoms in total. The summed E-state index contributed by atoms with van der Waals surface area (Å²) >= 11 is 0. The summed E-state index contributed by atoms with van der Waals surface area (Å²) in [4.78, 5) is 16.6. The first-order chi connectivity index (χ1) is 9.33. The van der Waals surface area contributed by atoms with Crippen molar-refractivity contribution in [3.8, 4) is 0 Å². The lowest BCUT2D eigenvalue weighted by atomic mass is 10.00. The van der Waals surface area contributed by atoms with Crippen LogP contribution in [0.3, 0.4) is 0 Å².